The lowest BCUT2D eigenvalue weighted by Gasteiger charge is -2.33. The zero-order chi connectivity index (χ0) is 13.4. The van der Waals surface area contributed by atoms with Crippen LogP contribution in [-0.4, -0.2) is 37.5 Å². The SMILES string of the molecule is Cc1nnc2c(N3CCC(C(C)Br)CC3)nccn12. The molecule has 0 spiro atoms. The Balaban J connectivity index is 1.86. The van der Waals surface area contributed by atoms with Gasteiger partial charge >= 0.3 is 0 Å². The first-order valence-electron chi connectivity index (χ1n) is 6.72. The van der Waals surface area contributed by atoms with E-state index in [-0.39, 0.29) is 0 Å². The summed E-state index contributed by atoms with van der Waals surface area (Å²) in [7, 11) is 0. The van der Waals surface area contributed by atoms with Crippen LogP contribution in [0.4, 0.5) is 5.82 Å². The van der Waals surface area contributed by atoms with Crippen molar-refractivity contribution in [1.29, 1.82) is 0 Å². The van der Waals surface area contributed by atoms with Gasteiger partial charge in [-0.2, -0.15) is 0 Å². The number of anilines is 1. The summed E-state index contributed by atoms with van der Waals surface area (Å²) >= 11 is 3.69. The third-order valence-electron chi connectivity index (χ3n) is 3.97. The van der Waals surface area contributed by atoms with Gasteiger partial charge in [-0.3, -0.25) is 4.40 Å². The number of aryl methyl sites for hydroxylation is 1. The van der Waals surface area contributed by atoms with Crippen molar-refractivity contribution in [1.82, 2.24) is 19.6 Å². The van der Waals surface area contributed by atoms with Gasteiger partial charge in [0.15, 0.2) is 5.82 Å². The van der Waals surface area contributed by atoms with Crippen LogP contribution in [0, 0.1) is 12.8 Å². The van der Waals surface area contributed by atoms with E-state index >= 15 is 0 Å². The summed E-state index contributed by atoms with van der Waals surface area (Å²) in [6.07, 6.45) is 6.14. The largest absolute Gasteiger partial charge is 0.353 e. The number of rotatable bonds is 2. The zero-order valence-corrected chi connectivity index (χ0v) is 12.8. The Morgan fingerprint density at radius 1 is 1.32 bits per heavy atom. The summed E-state index contributed by atoms with van der Waals surface area (Å²) in [4.78, 5) is 7.42. The van der Waals surface area contributed by atoms with Gasteiger partial charge in [0.1, 0.15) is 5.82 Å². The summed E-state index contributed by atoms with van der Waals surface area (Å²) in [6.45, 7) is 6.28. The molecule has 0 saturated carbocycles. The van der Waals surface area contributed by atoms with E-state index < -0.39 is 0 Å². The Morgan fingerprint density at radius 3 is 2.74 bits per heavy atom. The summed E-state index contributed by atoms with van der Waals surface area (Å²) in [5.74, 6) is 2.63. The van der Waals surface area contributed by atoms with Crippen LogP contribution >= 0.6 is 15.9 Å². The van der Waals surface area contributed by atoms with Crippen LogP contribution < -0.4 is 4.90 Å². The molecule has 0 aromatic carbocycles. The van der Waals surface area contributed by atoms with E-state index in [0.29, 0.717) is 4.83 Å². The summed E-state index contributed by atoms with van der Waals surface area (Å²) in [6, 6.07) is 0. The Hall–Kier alpha value is -1.17. The Kier molecular flexibility index (Phi) is 3.43. The summed E-state index contributed by atoms with van der Waals surface area (Å²) in [5.41, 5.74) is 0.866. The van der Waals surface area contributed by atoms with E-state index in [1.54, 1.807) is 0 Å². The molecule has 0 amide bonds. The van der Waals surface area contributed by atoms with E-state index in [2.05, 4.69) is 42.9 Å². The molecule has 3 heterocycles. The molecule has 19 heavy (non-hydrogen) atoms. The predicted octanol–water partition coefficient (Wildman–Crippen LogP) is 2.43. The van der Waals surface area contributed by atoms with E-state index in [9.17, 15) is 0 Å². The summed E-state index contributed by atoms with van der Waals surface area (Å²) in [5, 5.41) is 8.38. The molecule has 2 aromatic heterocycles. The molecule has 0 bridgehead atoms. The maximum atomic E-state index is 4.50. The molecule has 102 valence electrons. The van der Waals surface area contributed by atoms with Crippen molar-refractivity contribution in [2.45, 2.75) is 31.5 Å². The Morgan fingerprint density at radius 2 is 2.05 bits per heavy atom. The molecule has 1 aliphatic rings. The smallest absolute Gasteiger partial charge is 0.203 e. The molecule has 5 nitrogen and oxygen atoms in total. The second-order valence-corrected chi connectivity index (χ2v) is 6.64. The average molecular weight is 324 g/mol. The van der Waals surface area contributed by atoms with Crippen molar-refractivity contribution in [2.24, 2.45) is 5.92 Å². The van der Waals surface area contributed by atoms with Gasteiger partial charge in [-0.1, -0.05) is 22.9 Å². The fourth-order valence-electron chi connectivity index (χ4n) is 2.72. The van der Waals surface area contributed by atoms with Crippen LogP contribution in [0.3, 0.4) is 0 Å². The number of halogens is 1. The molecule has 1 saturated heterocycles. The molecule has 0 N–H and O–H groups in total. The minimum absolute atomic E-state index is 0.591. The van der Waals surface area contributed by atoms with E-state index in [1.165, 1.54) is 12.8 Å². The lowest BCUT2D eigenvalue weighted by Crippen LogP contribution is -2.36. The molecule has 1 aliphatic heterocycles. The number of alkyl halides is 1. The van der Waals surface area contributed by atoms with Gasteiger partial charge < -0.3 is 4.90 Å². The highest BCUT2D eigenvalue weighted by Crippen LogP contribution is 2.28. The van der Waals surface area contributed by atoms with Crippen molar-refractivity contribution in [3.05, 3.63) is 18.2 Å². The van der Waals surface area contributed by atoms with Gasteiger partial charge in [0.25, 0.3) is 0 Å². The van der Waals surface area contributed by atoms with E-state index in [1.807, 2.05) is 23.7 Å². The van der Waals surface area contributed by atoms with Crippen LogP contribution in [0.15, 0.2) is 12.4 Å². The fourth-order valence-corrected chi connectivity index (χ4v) is 3.25. The average Bonchev–Trinajstić information content (AvgIpc) is 2.81. The third-order valence-corrected chi connectivity index (χ3v) is 4.72. The van der Waals surface area contributed by atoms with Gasteiger partial charge in [0.2, 0.25) is 5.65 Å². The number of nitrogens with zero attached hydrogens (tertiary/aromatic N) is 5. The van der Waals surface area contributed by atoms with Gasteiger partial charge in [0.05, 0.1) is 0 Å². The highest BCUT2D eigenvalue weighted by molar-refractivity contribution is 9.09. The van der Waals surface area contributed by atoms with Crippen LogP contribution in [0.1, 0.15) is 25.6 Å². The van der Waals surface area contributed by atoms with Crippen LogP contribution in [0.25, 0.3) is 5.65 Å². The number of aromatic nitrogens is 4. The van der Waals surface area contributed by atoms with Crippen molar-refractivity contribution >= 4 is 27.4 Å². The van der Waals surface area contributed by atoms with Gasteiger partial charge in [-0.05, 0) is 25.7 Å². The molecule has 6 heteroatoms. The second-order valence-electron chi connectivity index (χ2n) is 5.19. The highest BCUT2D eigenvalue weighted by Gasteiger charge is 2.24. The maximum Gasteiger partial charge on any atom is 0.203 e. The second kappa shape index (κ2) is 5.07. The molecule has 0 radical (unpaired) electrons. The first kappa shape index (κ1) is 12.8. The Labute approximate surface area is 121 Å². The van der Waals surface area contributed by atoms with E-state index in [0.717, 1.165) is 36.3 Å². The van der Waals surface area contributed by atoms with Crippen LogP contribution in [0.2, 0.25) is 0 Å². The number of piperidine rings is 1. The monoisotopic (exact) mass is 323 g/mol. The van der Waals surface area contributed by atoms with Gasteiger partial charge in [-0.25, -0.2) is 4.98 Å². The molecule has 1 fully saturated rings. The maximum absolute atomic E-state index is 4.50. The normalized spacial score (nSPS) is 19.0. The molecular weight excluding hydrogens is 306 g/mol. The van der Waals surface area contributed by atoms with Crippen molar-refractivity contribution in [3.63, 3.8) is 0 Å². The van der Waals surface area contributed by atoms with Gasteiger partial charge in [-0.15, -0.1) is 10.2 Å². The highest BCUT2D eigenvalue weighted by atomic mass is 79.9. The quantitative estimate of drug-likeness (QED) is 0.796. The molecule has 3 rings (SSSR count). The fraction of sp³-hybridized carbons (Fsp3) is 0.615. The third kappa shape index (κ3) is 2.33. The summed E-state index contributed by atoms with van der Waals surface area (Å²) < 4.78 is 2.00. The van der Waals surface area contributed by atoms with E-state index in [4.69, 9.17) is 0 Å². The van der Waals surface area contributed by atoms with Crippen LogP contribution in [-0.2, 0) is 0 Å². The first-order valence-corrected chi connectivity index (χ1v) is 7.63. The lowest BCUT2D eigenvalue weighted by atomic mass is 9.94. The molecular formula is C13H18BrN5. The van der Waals surface area contributed by atoms with Crippen LogP contribution in [0.5, 0.6) is 0 Å². The van der Waals surface area contributed by atoms with Crippen molar-refractivity contribution < 1.29 is 0 Å². The Bertz CT molecular complexity index is 571. The standard InChI is InChI=1S/C13H18BrN5/c1-9(14)11-3-6-18(7-4-11)12-13-17-16-10(2)19(13)8-5-15-12/h5,8-9,11H,3-4,6-7H2,1-2H3. The minimum atomic E-state index is 0.591. The molecule has 0 aliphatic carbocycles. The van der Waals surface area contributed by atoms with Gasteiger partial charge in [0, 0.05) is 30.3 Å². The number of fused-ring (bicyclic) bond motifs is 1. The number of hydrogen-bond donors (Lipinski definition) is 0. The lowest BCUT2D eigenvalue weighted by molar-refractivity contribution is 0.406. The first-order chi connectivity index (χ1) is 9.16. The zero-order valence-electron chi connectivity index (χ0n) is 11.3. The number of hydrogen-bond acceptors (Lipinski definition) is 4. The topological polar surface area (TPSA) is 46.3 Å². The molecule has 1 unspecified atom stereocenters. The minimum Gasteiger partial charge on any atom is -0.353 e. The predicted molar refractivity (Wildman–Crippen MR) is 78.8 cm³/mol. The molecule has 1 atom stereocenters. The van der Waals surface area contributed by atoms with Crippen molar-refractivity contribution in [3.8, 4) is 0 Å². The molecule has 2 aromatic rings. The van der Waals surface area contributed by atoms with Crippen molar-refractivity contribution in [2.75, 3.05) is 18.0 Å².